The van der Waals surface area contributed by atoms with Gasteiger partial charge in [-0.1, -0.05) is 0 Å². The summed E-state index contributed by atoms with van der Waals surface area (Å²) in [6.07, 6.45) is 0. The Bertz CT molecular complexity index is 2490. The number of esters is 2. The zero-order valence-electron chi connectivity index (χ0n) is 35.2. The summed E-state index contributed by atoms with van der Waals surface area (Å²) in [7, 11) is 5.86. The number of nitrogens with one attached hydrogen (secondary N) is 2. The minimum Gasteiger partial charge on any atom is -0.502 e. The van der Waals surface area contributed by atoms with Crippen LogP contribution in [0.3, 0.4) is 0 Å². The van der Waals surface area contributed by atoms with Gasteiger partial charge in [0, 0.05) is 35.0 Å². The molecule has 0 amide bonds. The smallest absolute Gasteiger partial charge is 0.310 e. The molecule has 0 aromatic heterocycles. The van der Waals surface area contributed by atoms with Crippen LogP contribution in [0.25, 0.3) is 0 Å². The van der Waals surface area contributed by atoms with Crippen LogP contribution < -0.4 is 48.5 Å². The van der Waals surface area contributed by atoms with Crippen molar-refractivity contribution in [2.24, 2.45) is 23.7 Å². The van der Waals surface area contributed by atoms with Crippen molar-refractivity contribution in [3.05, 3.63) is 106 Å². The molecule has 0 bridgehead atoms. The molecule has 0 spiro atoms. The number of methoxy groups -OCH3 is 4. The average molecular weight is 873 g/mol. The van der Waals surface area contributed by atoms with Crippen molar-refractivity contribution in [3.63, 3.8) is 0 Å². The van der Waals surface area contributed by atoms with Crippen LogP contribution >= 0.6 is 0 Å². The highest BCUT2D eigenvalue weighted by molar-refractivity contribution is 5.81. The maximum Gasteiger partial charge on any atom is 0.310 e. The van der Waals surface area contributed by atoms with Gasteiger partial charge in [0.1, 0.15) is 0 Å². The van der Waals surface area contributed by atoms with Crippen LogP contribution in [-0.2, 0) is 19.1 Å². The van der Waals surface area contributed by atoms with Crippen molar-refractivity contribution in [2.75, 3.05) is 65.9 Å². The molecular weight excluding hydrogens is 829 g/mol. The molecule has 2 fully saturated rings. The van der Waals surface area contributed by atoms with E-state index in [9.17, 15) is 19.8 Å². The number of ether oxygens (including phenoxy) is 10. The fourth-order valence-corrected chi connectivity index (χ4v) is 10.7. The second-order valence-electron chi connectivity index (χ2n) is 16.6. The van der Waals surface area contributed by atoms with Crippen LogP contribution in [0, 0.1) is 23.7 Å². The molecule has 2 aliphatic carbocycles. The molecule has 16 heteroatoms. The van der Waals surface area contributed by atoms with Crippen LogP contribution in [-0.4, -0.2) is 77.4 Å². The summed E-state index contributed by atoms with van der Waals surface area (Å²) in [5.74, 6) is -0.453. The van der Waals surface area contributed by atoms with E-state index >= 15 is 0 Å². The van der Waals surface area contributed by atoms with Gasteiger partial charge in [-0.05, 0) is 106 Å². The molecule has 0 radical (unpaired) electrons. The number of hydrogen-bond donors (Lipinski definition) is 4. The number of phenolic OH excluding ortho intramolecular Hbond substituents is 2. The maximum atomic E-state index is 13.8. The van der Waals surface area contributed by atoms with Gasteiger partial charge in [0.05, 0.1) is 65.6 Å². The SMILES string of the molecule is COc1cc(C2c3cc4c(cc3[C@@H](Nc3ccc(N[C@@H]5c6cc7c(cc6C(c6cc(OC)c(O)c(OC)c6)[C@H]6C(=O)OC[C@H]56)OCO7)cc3)[C@H]3COC(=O)[C@H]23)OCO4)cc(OC)c1O. The lowest BCUT2D eigenvalue weighted by Crippen LogP contribution is -2.38. The molecule has 64 heavy (non-hydrogen) atoms. The monoisotopic (exact) mass is 872 g/mol. The van der Waals surface area contributed by atoms with E-state index in [1.807, 2.05) is 48.5 Å². The van der Waals surface area contributed by atoms with Crippen molar-refractivity contribution in [1.82, 2.24) is 0 Å². The van der Waals surface area contributed by atoms with E-state index in [4.69, 9.17) is 47.4 Å². The Morgan fingerprint density at radius 3 is 1.14 bits per heavy atom. The summed E-state index contributed by atoms with van der Waals surface area (Å²) in [6, 6.07) is 21.9. The van der Waals surface area contributed by atoms with Crippen molar-refractivity contribution < 1.29 is 67.2 Å². The van der Waals surface area contributed by atoms with Gasteiger partial charge in [0.2, 0.25) is 25.1 Å². The second-order valence-corrected chi connectivity index (χ2v) is 16.6. The van der Waals surface area contributed by atoms with Gasteiger partial charge in [-0.3, -0.25) is 9.59 Å². The number of cyclic esters (lactones) is 2. The number of phenols is 2. The van der Waals surface area contributed by atoms with E-state index in [-0.39, 0.29) is 97.2 Å². The summed E-state index contributed by atoms with van der Waals surface area (Å²) >= 11 is 0. The molecule has 2 unspecified atom stereocenters. The molecule has 6 aliphatic rings. The van der Waals surface area contributed by atoms with E-state index in [2.05, 4.69) is 10.6 Å². The average Bonchev–Trinajstić information content (AvgIpc) is 4.14. The highest BCUT2D eigenvalue weighted by atomic mass is 16.7. The first-order chi connectivity index (χ1) is 31.2. The number of rotatable bonds is 10. The molecule has 4 aliphatic heterocycles. The number of fused-ring (bicyclic) bond motifs is 6. The van der Waals surface area contributed by atoms with Crippen LogP contribution in [0.5, 0.6) is 57.5 Å². The highest BCUT2D eigenvalue weighted by Gasteiger charge is 2.54. The van der Waals surface area contributed by atoms with Crippen molar-refractivity contribution >= 4 is 23.3 Å². The normalized spacial score (nSPS) is 25.2. The number of anilines is 2. The quantitative estimate of drug-likeness (QED) is 0.108. The molecule has 5 aromatic carbocycles. The first kappa shape index (κ1) is 39.5. The number of aromatic hydroxyl groups is 2. The lowest BCUT2D eigenvalue weighted by molar-refractivity contribution is -0.142. The number of carbonyl (C=O) groups is 2. The Hall–Kier alpha value is -7.36. The van der Waals surface area contributed by atoms with E-state index in [0.29, 0.717) is 34.1 Å². The summed E-state index contributed by atoms with van der Waals surface area (Å²) in [5.41, 5.74) is 6.53. The summed E-state index contributed by atoms with van der Waals surface area (Å²) < 4.78 is 57.1. The van der Waals surface area contributed by atoms with Crippen LogP contribution in [0.2, 0.25) is 0 Å². The molecule has 4 N–H and O–H groups in total. The van der Waals surface area contributed by atoms with Crippen LogP contribution in [0.4, 0.5) is 11.4 Å². The van der Waals surface area contributed by atoms with Gasteiger partial charge in [-0.2, -0.15) is 0 Å². The Kier molecular flexibility index (Phi) is 9.36. The van der Waals surface area contributed by atoms with Crippen molar-refractivity contribution in [3.8, 4) is 57.5 Å². The van der Waals surface area contributed by atoms with Crippen molar-refractivity contribution in [1.29, 1.82) is 0 Å². The molecular formula is C48H44N2O14. The standard InChI is InChI=1S/C48H44N2O14/c1-55-35-9-21(10-36(56-2)45(35)51)39-25-13-31-33(63-19-61-31)15-27(25)43(29-17-59-47(53)41(29)39)49-23-5-7-24(8-6-23)50-44-28-16-34-32(62-20-64-34)14-26(28)40(42-30(44)18-60-48(42)54)22-11-37(57-3)46(52)38(12-22)58-4/h5-16,29-30,39-44,49-52H,17-20H2,1-4H3/t29-,30-,39?,40?,41-,42-,43+,44+/m0/s1. The molecule has 0 saturated carbocycles. The predicted molar refractivity (Wildman–Crippen MR) is 226 cm³/mol. The zero-order valence-corrected chi connectivity index (χ0v) is 35.2. The number of hydrogen-bond acceptors (Lipinski definition) is 16. The Balaban J connectivity index is 0.939. The predicted octanol–water partition coefficient (Wildman–Crippen LogP) is 6.77. The molecule has 4 heterocycles. The van der Waals surface area contributed by atoms with E-state index in [1.165, 1.54) is 28.4 Å². The largest absolute Gasteiger partial charge is 0.502 e. The molecule has 16 nitrogen and oxygen atoms in total. The molecule has 8 atom stereocenters. The topological polar surface area (TPSA) is 191 Å². The van der Waals surface area contributed by atoms with Crippen LogP contribution in [0.15, 0.2) is 72.8 Å². The highest BCUT2D eigenvalue weighted by Crippen LogP contribution is 2.58. The lowest BCUT2D eigenvalue weighted by atomic mass is 9.65. The Morgan fingerprint density at radius 1 is 0.484 bits per heavy atom. The maximum absolute atomic E-state index is 13.8. The minimum absolute atomic E-state index is 0.0722. The third kappa shape index (κ3) is 6.09. The van der Waals surface area contributed by atoms with Gasteiger partial charge in [0.25, 0.3) is 0 Å². The lowest BCUT2D eigenvalue weighted by Gasteiger charge is -2.40. The fraction of sp³-hybridized carbons (Fsp3) is 0.333. The number of carbonyl (C=O) groups excluding carboxylic acids is 2. The summed E-state index contributed by atoms with van der Waals surface area (Å²) in [5, 5.41) is 29.0. The fourth-order valence-electron chi connectivity index (χ4n) is 10.7. The first-order valence-corrected chi connectivity index (χ1v) is 20.9. The first-order valence-electron chi connectivity index (χ1n) is 20.9. The molecule has 2 saturated heterocycles. The Morgan fingerprint density at radius 2 is 0.812 bits per heavy atom. The third-order valence-electron chi connectivity index (χ3n) is 13.6. The van der Waals surface area contributed by atoms with Gasteiger partial charge >= 0.3 is 11.9 Å². The zero-order chi connectivity index (χ0) is 44.0. The number of benzene rings is 5. The molecule has 330 valence electrons. The van der Waals surface area contributed by atoms with Gasteiger partial charge in [-0.15, -0.1) is 0 Å². The van der Waals surface area contributed by atoms with Gasteiger partial charge in [0.15, 0.2) is 46.0 Å². The third-order valence-corrected chi connectivity index (χ3v) is 13.6. The Labute approximate surface area is 366 Å². The van der Waals surface area contributed by atoms with Crippen molar-refractivity contribution in [2.45, 2.75) is 23.9 Å². The molecule has 11 rings (SSSR count). The van der Waals surface area contributed by atoms with E-state index in [1.54, 1.807) is 24.3 Å². The van der Waals surface area contributed by atoms with E-state index < -0.39 is 23.7 Å². The second kappa shape index (κ2) is 15.2. The summed E-state index contributed by atoms with van der Waals surface area (Å²) in [6.45, 7) is 0.516. The van der Waals surface area contributed by atoms with E-state index in [0.717, 1.165) is 33.6 Å². The van der Waals surface area contributed by atoms with Gasteiger partial charge < -0.3 is 68.2 Å². The molecule has 5 aromatic rings. The summed E-state index contributed by atoms with van der Waals surface area (Å²) in [4.78, 5) is 27.5. The van der Waals surface area contributed by atoms with Gasteiger partial charge in [-0.25, -0.2) is 0 Å². The minimum atomic E-state index is -0.593. The van der Waals surface area contributed by atoms with Crippen LogP contribution in [0.1, 0.15) is 57.3 Å².